The maximum Gasteiger partial charge on any atom is 0.0604 e. The van der Waals surface area contributed by atoms with Gasteiger partial charge in [0.05, 0.1) is 6.04 Å². The zero-order valence-electron chi connectivity index (χ0n) is 8.28. The Balaban J connectivity index is 2.16. The van der Waals surface area contributed by atoms with Gasteiger partial charge < -0.3 is 4.90 Å². The fraction of sp³-hybridized carbons (Fsp3) is 0.333. The van der Waals surface area contributed by atoms with Gasteiger partial charge in [-0.3, -0.25) is 0 Å². The van der Waals surface area contributed by atoms with Gasteiger partial charge in [0.1, 0.15) is 0 Å². The minimum Gasteiger partial charge on any atom is -0.367 e. The molecule has 0 radical (unpaired) electrons. The second-order valence-corrected chi connectivity index (χ2v) is 4.54. The number of anilines is 1. The first-order valence-corrected chi connectivity index (χ1v) is 5.72. The normalized spacial score (nSPS) is 20.7. The van der Waals surface area contributed by atoms with Crippen LogP contribution in [-0.4, -0.2) is 13.1 Å². The number of benzene rings is 1. The Bertz CT molecular complexity index is 331. The number of nitrogens with zero attached hydrogens (tertiary/aromatic N) is 1. The summed E-state index contributed by atoms with van der Waals surface area (Å²) in [5, 5.41) is 0. The lowest BCUT2D eigenvalue weighted by atomic mass is 10.2. The summed E-state index contributed by atoms with van der Waals surface area (Å²) < 4.78 is 1.32. The van der Waals surface area contributed by atoms with Gasteiger partial charge in [0.25, 0.3) is 0 Å². The predicted molar refractivity (Wildman–Crippen MR) is 64.9 cm³/mol. The average molecular weight is 252 g/mol. The molecule has 0 aromatic heterocycles. The van der Waals surface area contributed by atoms with Crippen molar-refractivity contribution in [1.29, 1.82) is 0 Å². The van der Waals surface area contributed by atoms with Crippen LogP contribution in [0.1, 0.15) is 12.8 Å². The van der Waals surface area contributed by atoms with E-state index in [1.165, 1.54) is 23.0 Å². The van der Waals surface area contributed by atoms with Crippen molar-refractivity contribution in [1.82, 2.24) is 0 Å². The van der Waals surface area contributed by atoms with E-state index in [0.717, 1.165) is 0 Å². The fourth-order valence-electron chi connectivity index (χ4n) is 1.87. The molecule has 1 aliphatic rings. The van der Waals surface area contributed by atoms with E-state index in [1.54, 1.807) is 0 Å². The van der Waals surface area contributed by atoms with Crippen molar-refractivity contribution >= 4 is 21.6 Å². The van der Waals surface area contributed by atoms with Crippen molar-refractivity contribution in [3.8, 4) is 0 Å². The van der Waals surface area contributed by atoms with Crippen molar-refractivity contribution in [3.63, 3.8) is 0 Å². The van der Waals surface area contributed by atoms with Crippen LogP contribution in [0.25, 0.3) is 0 Å². The second kappa shape index (κ2) is 4.18. The highest BCUT2D eigenvalue weighted by atomic mass is 79.9. The molecule has 14 heavy (non-hydrogen) atoms. The monoisotopic (exact) mass is 251 g/mol. The molecule has 1 aliphatic carbocycles. The molecule has 0 bridgehead atoms. The minimum absolute atomic E-state index is 0.525. The highest BCUT2D eigenvalue weighted by Gasteiger charge is 2.21. The third-order valence-electron chi connectivity index (χ3n) is 2.73. The largest absolute Gasteiger partial charge is 0.367 e. The van der Waals surface area contributed by atoms with Gasteiger partial charge in [-0.1, -0.05) is 40.2 Å². The number of halogens is 1. The van der Waals surface area contributed by atoms with Gasteiger partial charge >= 0.3 is 0 Å². The molecule has 74 valence electrons. The molecule has 0 saturated carbocycles. The van der Waals surface area contributed by atoms with Gasteiger partial charge in [0.2, 0.25) is 0 Å². The quantitative estimate of drug-likeness (QED) is 0.777. The Labute approximate surface area is 93.6 Å². The molecular formula is C12H14BrN. The number of hydrogen-bond acceptors (Lipinski definition) is 1. The third-order valence-corrected chi connectivity index (χ3v) is 3.58. The molecule has 0 N–H and O–H groups in total. The maximum atomic E-state index is 3.62. The van der Waals surface area contributed by atoms with Crippen LogP contribution in [0.5, 0.6) is 0 Å². The van der Waals surface area contributed by atoms with Crippen LogP contribution in [0.4, 0.5) is 5.69 Å². The van der Waals surface area contributed by atoms with E-state index in [4.69, 9.17) is 0 Å². The molecule has 0 saturated heterocycles. The van der Waals surface area contributed by atoms with Gasteiger partial charge in [0, 0.05) is 17.2 Å². The van der Waals surface area contributed by atoms with Crippen molar-refractivity contribution in [2.24, 2.45) is 0 Å². The maximum absolute atomic E-state index is 3.62. The number of para-hydroxylation sites is 1. The van der Waals surface area contributed by atoms with Crippen LogP contribution in [0.15, 0.2) is 40.9 Å². The molecule has 0 fully saturated rings. The topological polar surface area (TPSA) is 3.24 Å². The van der Waals surface area contributed by atoms with Gasteiger partial charge in [0.15, 0.2) is 0 Å². The Hall–Kier alpha value is -0.760. The first-order chi connectivity index (χ1) is 6.79. The summed E-state index contributed by atoms with van der Waals surface area (Å²) in [5.41, 5.74) is 1.28. The van der Waals surface area contributed by atoms with Crippen LogP contribution in [0.3, 0.4) is 0 Å². The standard InChI is InChI=1S/C12H14BrN/c1-14(10-6-3-2-4-7-10)12-9-5-8-11(12)13/h2-4,6-8,12H,5,9H2,1H3. The van der Waals surface area contributed by atoms with Crippen molar-refractivity contribution in [2.45, 2.75) is 18.9 Å². The highest BCUT2D eigenvalue weighted by Crippen LogP contribution is 2.30. The first-order valence-electron chi connectivity index (χ1n) is 4.92. The summed E-state index contributed by atoms with van der Waals surface area (Å²) in [6.07, 6.45) is 4.67. The van der Waals surface area contributed by atoms with Crippen molar-refractivity contribution < 1.29 is 0 Å². The Morgan fingerprint density at radius 2 is 2.00 bits per heavy atom. The van der Waals surface area contributed by atoms with Crippen LogP contribution in [-0.2, 0) is 0 Å². The fourth-order valence-corrected chi connectivity index (χ4v) is 2.64. The van der Waals surface area contributed by atoms with E-state index < -0.39 is 0 Å². The molecule has 1 nitrogen and oxygen atoms in total. The average Bonchev–Trinajstić information content (AvgIpc) is 2.65. The SMILES string of the molecule is CN(c1ccccc1)C1CCC=C1Br. The first kappa shape index (κ1) is 9.78. The Morgan fingerprint density at radius 1 is 1.29 bits per heavy atom. The number of rotatable bonds is 2. The second-order valence-electron chi connectivity index (χ2n) is 3.63. The number of likely N-dealkylation sites (N-methyl/N-ethyl adjacent to an activating group) is 1. The summed E-state index contributed by atoms with van der Waals surface area (Å²) in [7, 11) is 2.15. The van der Waals surface area contributed by atoms with Crippen LogP contribution >= 0.6 is 15.9 Å². The summed E-state index contributed by atoms with van der Waals surface area (Å²) in [6, 6.07) is 11.0. The molecule has 1 aromatic rings. The van der Waals surface area contributed by atoms with Gasteiger partial charge in [-0.2, -0.15) is 0 Å². The zero-order valence-corrected chi connectivity index (χ0v) is 9.87. The van der Waals surface area contributed by atoms with Gasteiger partial charge in [-0.25, -0.2) is 0 Å². The molecule has 0 heterocycles. The molecule has 1 aromatic carbocycles. The lowest BCUT2D eigenvalue weighted by Crippen LogP contribution is -2.29. The lowest BCUT2D eigenvalue weighted by Gasteiger charge is -2.27. The van der Waals surface area contributed by atoms with E-state index in [9.17, 15) is 0 Å². The lowest BCUT2D eigenvalue weighted by molar-refractivity contribution is 0.719. The molecule has 1 atom stereocenters. The third kappa shape index (κ3) is 1.85. The molecule has 2 heteroatoms. The summed E-state index contributed by atoms with van der Waals surface area (Å²) in [4.78, 5) is 2.33. The zero-order chi connectivity index (χ0) is 9.97. The highest BCUT2D eigenvalue weighted by molar-refractivity contribution is 9.11. The minimum atomic E-state index is 0.525. The predicted octanol–water partition coefficient (Wildman–Crippen LogP) is 3.56. The Morgan fingerprint density at radius 3 is 2.57 bits per heavy atom. The molecule has 0 amide bonds. The van der Waals surface area contributed by atoms with Crippen LogP contribution in [0, 0.1) is 0 Å². The van der Waals surface area contributed by atoms with Crippen molar-refractivity contribution in [2.75, 3.05) is 11.9 Å². The van der Waals surface area contributed by atoms with E-state index in [0.29, 0.717) is 6.04 Å². The van der Waals surface area contributed by atoms with Gasteiger partial charge in [-0.05, 0) is 25.0 Å². The van der Waals surface area contributed by atoms with Crippen LogP contribution in [0.2, 0.25) is 0 Å². The Kier molecular flexibility index (Phi) is 2.92. The summed E-state index contributed by atoms with van der Waals surface area (Å²) in [5.74, 6) is 0. The smallest absolute Gasteiger partial charge is 0.0604 e. The number of allylic oxidation sites excluding steroid dienone is 1. The van der Waals surface area contributed by atoms with Gasteiger partial charge in [-0.15, -0.1) is 0 Å². The number of hydrogen-bond donors (Lipinski definition) is 0. The molecule has 1 unspecified atom stereocenters. The summed E-state index contributed by atoms with van der Waals surface area (Å²) in [6.45, 7) is 0. The molecule has 0 spiro atoms. The molecule has 0 aliphatic heterocycles. The van der Waals surface area contributed by atoms with Crippen molar-refractivity contribution in [3.05, 3.63) is 40.9 Å². The van der Waals surface area contributed by atoms with E-state index in [1.807, 2.05) is 0 Å². The van der Waals surface area contributed by atoms with E-state index >= 15 is 0 Å². The summed E-state index contributed by atoms with van der Waals surface area (Å²) >= 11 is 3.62. The van der Waals surface area contributed by atoms with E-state index in [-0.39, 0.29) is 0 Å². The molecule has 2 rings (SSSR count). The van der Waals surface area contributed by atoms with E-state index in [2.05, 4.69) is 64.3 Å². The van der Waals surface area contributed by atoms with Crippen LogP contribution < -0.4 is 4.90 Å². The molecular weight excluding hydrogens is 238 g/mol.